The van der Waals surface area contributed by atoms with E-state index in [1.807, 2.05) is 24.4 Å². The zero-order chi connectivity index (χ0) is 12.8. The summed E-state index contributed by atoms with van der Waals surface area (Å²) in [6, 6.07) is 7.43. The molecule has 0 aliphatic carbocycles. The Morgan fingerprint density at radius 1 is 1.44 bits per heavy atom. The number of carbonyl (C=O) groups is 1. The van der Waals surface area contributed by atoms with Crippen molar-refractivity contribution in [3.63, 3.8) is 0 Å². The summed E-state index contributed by atoms with van der Waals surface area (Å²) in [7, 11) is 0. The molecule has 0 atom stereocenters. The first-order chi connectivity index (χ1) is 8.79. The number of amides is 1. The van der Waals surface area contributed by atoms with Gasteiger partial charge in [-0.2, -0.15) is 0 Å². The van der Waals surface area contributed by atoms with Crippen molar-refractivity contribution in [3.05, 3.63) is 40.7 Å². The first-order valence-corrected chi connectivity index (χ1v) is 6.57. The van der Waals surface area contributed by atoms with Crippen molar-refractivity contribution in [2.75, 3.05) is 11.9 Å². The Balaban J connectivity index is 2.02. The smallest absolute Gasteiger partial charge is 0.230 e. The number of ether oxygens (including phenoxy) is 1. The second kappa shape index (κ2) is 6.16. The molecule has 18 heavy (non-hydrogen) atoms. The van der Waals surface area contributed by atoms with Gasteiger partial charge >= 0.3 is 0 Å². The van der Waals surface area contributed by atoms with E-state index in [9.17, 15) is 4.79 Å². The molecular weight excluding hydrogens is 248 g/mol. The predicted molar refractivity (Wildman–Crippen MR) is 72.1 cm³/mol. The topological polar surface area (TPSA) is 51.2 Å². The van der Waals surface area contributed by atoms with Crippen molar-refractivity contribution >= 4 is 23.1 Å². The van der Waals surface area contributed by atoms with Crippen LogP contribution in [0.2, 0.25) is 0 Å². The maximum absolute atomic E-state index is 11.8. The third kappa shape index (κ3) is 3.30. The van der Waals surface area contributed by atoms with Crippen molar-refractivity contribution in [1.82, 2.24) is 4.98 Å². The molecule has 1 amide bonds. The first kappa shape index (κ1) is 12.6. The number of aromatic nitrogens is 1. The van der Waals surface area contributed by atoms with E-state index >= 15 is 0 Å². The third-order valence-corrected chi connectivity index (χ3v) is 3.12. The van der Waals surface area contributed by atoms with Crippen molar-refractivity contribution < 1.29 is 9.53 Å². The molecule has 0 spiro atoms. The van der Waals surface area contributed by atoms with Gasteiger partial charge in [0.2, 0.25) is 5.91 Å². The Morgan fingerprint density at radius 2 is 2.33 bits per heavy atom. The molecule has 2 aromatic heterocycles. The number of rotatable bonds is 5. The number of hydrogen-bond acceptors (Lipinski definition) is 4. The summed E-state index contributed by atoms with van der Waals surface area (Å²) in [6.45, 7) is 2.43. The lowest BCUT2D eigenvalue weighted by Gasteiger charge is -2.09. The second-order valence-corrected chi connectivity index (χ2v) is 4.62. The Kier molecular flexibility index (Phi) is 4.30. The molecule has 5 heteroatoms. The van der Waals surface area contributed by atoms with E-state index < -0.39 is 0 Å². The van der Waals surface area contributed by atoms with E-state index in [-0.39, 0.29) is 5.91 Å². The molecule has 0 aromatic carbocycles. The van der Waals surface area contributed by atoms with E-state index in [0.717, 1.165) is 4.88 Å². The van der Waals surface area contributed by atoms with Crippen LogP contribution in [-0.2, 0) is 11.2 Å². The van der Waals surface area contributed by atoms with Gasteiger partial charge in [0.1, 0.15) is 0 Å². The molecule has 94 valence electrons. The normalized spacial score (nSPS) is 10.1. The van der Waals surface area contributed by atoms with E-state index in [4.69, 9.17) is 4.74 Å². The van der Waals surface area contributed by atoms with E-state index in [0.29, 0.717) is 24.6 Å². The van der Waals surface area contributed by atoms with E-state index in [1.165, 1.54) is 0 Å². The van der Waals surface area contributed by atoms with Gasteiger partial charge in [-0.25, -0.2) is 4.98 Å². The fraction of sp³-hybridized carbons (Fsp3) is 0.231. The molecule has 0 fully saturated rings. The second-order valence-electron chi connectivity index (χ2n) is 3.59. The molecular formula is C13H14N2O2S. The van der Waals surface area contributed by atoms with Gasteiger partial charge in [-0.15, -0.1) is 11.3 Å². The standard InChI is InChI=1S/C13H14N2O2S/c1-2-17-11-6-3-7-14-13(11)15-12(16)9-10-5-4-8-18-10/h3-8H,2,9H2,1H3,(H,14,15,16). The molecule has 2 aromatic rings. The average Bonchev–Trinajstić information content (AvgIpc) is 2.84. The van der Waals surface area contributed by atoms with E-state index in [1.54, 1.807) is 29.7 Å². The molecule has 2 rings (SSSR count). The number of thiophene rings is 1. The van der Waals surface area contributed by atoms with Crippen LogP contribution in [0.5, 0.6) is 5.75 Å². The van der Waals surface area contributed by atoms with Crippen LogP contribution < -0.4 is 10.1 Å². The molecule has 4 nitrogen and oxygen atoms in total. The van der Waals surface area contributed by atoms with Crippen LogP contribution in [0.25, 0.3) is 0 Å². The van der Waals surface area contributed by atoms with Gasteiger partial charge in [0, 0.05) is 11.1 Å². The molecule has 2 heterocycles. The van der Waals surface area contributed by atoms with Crippen LogP contribution in [0.15, 0.2) is 35.8 Å². The Morgan fingerprint density at radius 3 is 3.06 bits per heavy atom. The minimum atomic E-state index is -0.0860. The minimum Gasteiger partial charge on any atom is -0.490 e. The molecule has 0 bridgehead atoms. The summed E-state index contributed by atoms with van der Waals surface area (Å²) in [5.41, 5.74) is 0. The fourth-order valence-corrected chi connectivity index (χ4v) is 2.21. The summed E-state index contributed by atoms with van der Waals surface area (Å²) in [5, 5.41) is 4.72. The van der Waals surface area contributed by atoms with Gasteiger partial charge in [-0.3, -0.25) is 4.79 Å². The van der Waals surface area contributed by atoms with Crippen LogP contribution in [-0.4, -0.2) is 17.5 Å². The molecule has 0 radical (unpaired) electrons. The van der Waals surface area contributed by atoms with Crippen LogP contribution in [0.1, 0.15) is 11.8 Å². The van der Waals surface area contributed by atoms with Gasteiger partial charge < -0.3 is 10.1 Å². The summed E-state index contributed by atoms with van der Waals surface area (Å²) in [4.78, 5) is 17.0. The highest BCUT2D eigenvalue weighted by atomic mass is 32.1. The number of nitrogens with one attached hydrogen (secondary N) is 1. The molecule has 0 unspecified atom stereocenters. The maximum atomic E-state index is 11.8. The van der Waals surface area contributed by atoms with Crippen molar-refractivity contribution in [2.24, 2.45) is 0 Å². The van der Waals surface area contributed by atoms with Gasteiger partial charge in [-0.05, 0) is 30.5 Å². The highest BCUT2D eigenvalue weighted by molar-refractivity contribution is 7.10. The largest absolute Gasteiger partial charge is 0.490 e. The van der Waals surface area contributed by atoms with Crippen molar-refractivity contribution in [1.29, 1.82) is 0 Å². The van der Waals surface area contributed by atoms with Gasteiger partial charge in [0.15, 0.2) is 11.6 Å². The zero-order valence-corrected chi connectivity index (χ0v) is 10.9. The molecule has 0 saturated carbocycles. The molecule has 0 aliphatic rings. The van der Waals surface area contributed by atoms with Crippen LogP contribution in [0.4, 0.5) is 5.82 Å². The third-order valence-electron chi connectivity index (χ3n) is 2.24. The van der Waals surface area contributed by atoms with Crippen molar-refractivity contribution in [3.8, 4) is 5.75 Å². The lowest BCUT2D eigenvalue weighted by Crippen LogP contribution is -2.15. The van der Waals surface area contributed by atoms with E-state index in [2.05, 4.69) is 10.3 Å². The van der Waals surface area contributed by atoms with Crippen LogP contribution in [0, 0.1) is 0 Å². The Bertz CT molecular complexity index is 511. The number of pyridine rings is 1. The molecule has 0 aliphatic heterocycles. The lowest BCUT2D eigenvalue weighted by molar-refractivity contribution is -0.115. The molecule has 1 N–H and O–H groups in total. The van der Waals surface area contributed by atoms with Crippen LogP contribution in [0.3, 0.4) is 0 Å². The number of hydrogen-bond donors (Lipinski definition) is 1. The van der Waals surface area contributed by atoms with Gasteiger partial charge in [0.05, 0.1) is 13.0 Å². The lowest BCUT2D eigenvalue weighted by atomic mass is 10.3. The summed E-state index contributed by atoms with van der Waals surface area (Å²) in [5.74, 6) is 0.984. The number of anilines is 1. The summed E-state index contributed by atoms with van der Waals surface area (Å²) in [6.07, 6.45) is 1.99. The average molecular weight is 262 g/mol. The highest BCUT2D eigenvalue weighted by Crippen LogP contribution is 2.21. The van der Waals surface area contributed by atoms with Gasteiger partial charge in [-0.1, -0.05) is 6.07 Å². The summed E-state index contributed by atoms with van der Waals surface area (Å²) >= 11 is 1.56. The highest BCUT2D eigenvalue weighted by Gasteiger charge is 2.09. The number of carbonyl (C=O) groups excluding carboxylic acids is 1. The van der Waals surface area contributed by atoms with Crippen LogP contribution >= 0.6 is 11.3 Å². The Labute approximate surface area is 110 Å². The first-order valence-electron chi connectivity index (χ1n) is 5.69. The minimum absolute atomic E-state index is 0.0860. The SMILES string of the molecule is CCOc1cccnc1NC(=O)Cc1cccs1. The van der Waals surface area contributed by atoms with Gasteiger partial charge in [0.25, 0.3) is 0 Å². The quantitative estimate of drug-likeness (QED) is 0.901. The maximum Gasteiger partial charge on any atom is 0.230 e. The monoisotopic (exact) mass is 262 g/mol. The summed E-state index contributed by atoms with van der Waals surface area (Å²) < 4.78 is 5.40. The van der Waals surface area contributed by atoms with Crippen molar-refractivity contribution in [2.45, 2.75) is 13.3 Å². The molecule has 0 saturated heterocycles. The Hall–Kier alpha value is -1.88. The number of nitrogens with zero attached hydrogens (tertiary/aromatic N) is 1. The fourth-order valence-electron chi connectivity index (χ4n) is 1.50. The zero-order valence-electron chi connectivity index (χ0n) is 10.1. The predicted octanol–water partition coefficient (Wildman–Crippen LogP) is 2.72.